The zero-order valence-electron chi connectivity index (χ0n) is 45.9. The number of primary amides is 1. The van der Waals surface area contributed by atoms with Gasteiger partial charge in [-0.2, -0.15) is 25.3 Å². The Labute approximate surface area is 497 Å². The third-order valence-electron chi connectivity index (χ3n) is 14.8. The fourth-order valence-corrected chi connectivity index (χ4v) is 11.0. The third kappa shape index (κ3) is 17.8. The minimum Gasteiger partial charge on any atom is -0.368 e. The molecule has 20 nitrogen and oxygen atoms in total. The molecule has 0 spiro atoms. The standard InChI is InChI=1S/C60H73ClN12O8S2/c61-42-16-10-12-36(27-42)28-44(63)53(75)68-48(30-38-13-11-25-65-32-38)55(77)70-50(34-82)57(79)69-49(31-41-33-66-45-18-5-4-17-43(41)45)56(78)67-46(19-6-9-24-62)54(76)71-51(35-83)58(80)73-60(22-7-1-8-23-60)59(81)72-47(52(64)74)29-37-20-21-39-14-2-3-15-40(39)26-37/h2-5,10-18,20-21,25-27,32-33,44,46-51,66,82-83H,1,6-9,19,22-24,28-31,34-35,62-63H2,(H2,64,74)(H,67,78)(H,68,75)(H,69,79)(H,70,77)(H,71,76)(H,72,81)(H,73,80)/t44-,46+,47+,48+,49-,50-,51-/m1/s1. The molecule has 1 aliphatic rings. The lowest BCUT2D eigenvalue weighted by Gasteiger charge is -2.38. The van der Waals surface area contributed by atoms with E-state index in [0.717, 1.165) is 33.7 Å². The van der Waals surface area contributed by atoms with Crippen molar-refractivity contribution in [2.45, 2.75) is 125 Å². The van der Waals surface area contributed by atoms with Gasteiger partial charge in [-0.1, -0.05) is 110 Å². The highest BCUT2D eigenvalue weighted by Gasteiger charge is 2.44. The quantitative estimate of drug-likeness (QED) is 0.0239. The Hall–Kier alpha value is -7.50. The maximum absolute atomic E-state index is 14.8. The number of halogens is 1. The molecule has 7 atom stereocenters. The van der Waals surface area contributed by atoms with Crippen molar-refractivity contribution in [3.8, 4) is 0 Å². The first kappa shape index (κ1) is 63.1. The lowest BCUT2D eigenvalue weighted by Crippen LogP contribution is -2.65. The second-order valence-corrected chi connectivity index (χ2v) is 22.1. The van der Waals surface area contributed by atoms with Crippen LogP contribution in [0.5, 0.6) is 0 Å². The Morgan fingerprint density at radius 3 is 1.88 bits per heavy atom. The van der Waals surface area contributed by atoms with Gasteiger partial charge in [0.15, 0.2) is 0 Å². The first-order valence-electron chi connectivity index (χ1n) is 27.8. The topological polar surface area (TPSA) is 328 Å². The van der Waals surface area contributed by atoms with E-state index in [1.807, 2.05) is 66.7 Å². The van der Waals surface area contributed by atoms with Gasteiger partial charge in [0.25, 0.3) is 0 Å². The highest BCUT2D eigenvalue weighted by Crippen LogP contribution is 2.30. The number of unbranched alkanes of at least 4 members (excludes halogenated alkanes) is 1. The van der Waals surface area contributed by atoms with Gasteiger partial charge in [-0.05, 0) is 102 Å². The van der Waals surface area contributed by atoms with Gasteiger partial charge in [-0.15, -0.1) is 0 Å². The number of H-pyrrole nitrogens is 1. The molecule has 1 aliphatic carbocycles. The summed E-state index contributed by atoms with van der Waals surface area (Å²) in [6.07, 6.45) is 8.36. The summed E-state index contributed by atoms with van der Waals surface area (Å²) in [7, 11) is 0. The largest absolute Gasteiger partial charge is 0.368 e. The lowest BCUT2D eigenvalue weighted by molar-refractivity contribution is -0.138. The third-order valence-corrected chi connectivity index (χ3v) is 15.8. The highest BCUT2D eigenvalue weighted by molar-refractivity contribution is 7.80. The molecule has 0 bridgehead atoms. The van der Waals surface area contributed by atoms with Crippen molar-refractivity contribution in [1.29, 1.82) is 0 Å². The molecular weight excluding hydrogens is 1120 g/mol. The number of carbonyl (C=O) groups is 8. The molecule has 1 saturated carbocycles. The van der Waals surface area contributed by atoms with Gasteiger partial charge in [0.2, 0.25) is 47.3 Å². The van der Waals surface area contributed by atoms with Gasteiger partial charge in [-0.25, -0.2) is 0 Å². The summed E-state index contributed by atoms with van der Waals surface area (Å²) in [5.74, 6) is -6.19. The van der Waals surface area contributed by atoms with Crippen LogP contribution < -0.4 is 54.4 Å². The zero-order valence-corrected chi connectivity index (χ0v) is 48.5. The molecule has 83 heavy (non-hydrogen) atoms. The number of hydrogen-bond acceptors (Lipinski definition) is 13. The second kappa shape index (κ2) is 30.7. The molecular formula is C60H73ClN12O8S2. The molecule has 2 heterocycles. The van der Waals surface area contributed by atoms with Crippen LogP contribution >= 0.6 is 36.9 Å². The number of fused-ring (bicyclic) bond motifs is 2. The van der Waals surface area contributed by atoms with Crippen LogP contribution in [0.2, 0.25) is 5.02 Å². The van der Waals surface area contributed by atoms with Gasteiger partial charge in [0.05, 0.1) is 6.04 Å². The normalized spacial score (nSPS) is 15.5. The smallest absolute Gasteiger partial charge is 0.246 e. The molecule has 0 aliphatic heterocycles. The van der Waals surface area contributed by atoms with Gasteiger partial charge in [-0.3, -0.25) is 43.3 Å². The number of aromatic amines is 1. The van der Waals surface area contributed by atoms with Gasteiger partial charge in [0, 0.05) is 65.3 Å². The van der Waals surface area contributed by atoms with Crippen molar-refractivity contribution in [1.82, 2.24) is 47.2 Å². The second-order valence-electron chi connectivity index (χ2n) is 21.0. The average molecular weight is 1190 g/mol. The summed E-state index contributed by atoms with van der Waals surface area (Å²) < 4.78 is 0. The van der Waals surface area contributed by atoms with E-state index in [0.29, 0.717) is 47.4 Å². The lowest BCUT2D eigenvalue weighted by atomic mass is 9.80. The highest BCUT2D eigenvalue weighted by atomic mass is 35.5. The average Bonchev–Trinajstić information content (AvgIpc) is 4.15. The number of amides is 8. The summed E-state index contributed by atoms with van der Waals surface area (Å²) in [5, 5.41) is 22.7. The predicted octanol–water partition coefficient (Wildman–Crippen LogP) is 3.17. The molecule has 440 valence electrons. The number of pyridine rings is 1. The van der Waals surface area contributed by atoms with E-state index in [1.54, 1.807) is 48.8 Å². The summed E-state index contributed by atoms with van der Waals surface area (Å²) in [5.41, 5.74) is 20.1. The van der Waals surface area contributed by atoms with E-state index in [2.05, 4.69) is 72.4 Å². The number of nitrogens with zero attached hydrogens (tertiary/aromatic N) is 1. The van der Waals surface area contributed by atoms with Gasteiger partial charge in [0.1, 0.15) is 41.8 Å². The fourth-order valence-electron chi connectivity index (χ4n) is 10.2. The Bertz CT molecular complexity index is 3240. The maximum Gasteiger partial charge on any atom is 0.246 e. The summed E-state index contributed by atoms with van der Waals surface area (Å²) in [4.78, 5) is 120. The Morgan fingerprint density at radius 2 is 1.19 bits per heavy atom. The number of hydrogen-bond donors (Lipinski definition) is 13. The summed E-state index contributed by atoms with van der Waals surface area (Å²) >= 11 is 15.0. The molecule has 14 N–H and O–H groups in total. The number of carbonyl (C=O) groups excluding carboxylic acids is 8. The number of nitrogens with two attached hydrogens (primary N) is 3. The number of thiol groups is 2. The minimum atomic E-state index is -1.45. The van der Waals surface area contributed by atoms with Crippen LogP contribution in [0.15, 0.2) is 122 Å². The maximum atomic E-state index is 14.8. The van der Waals surface area contributed by atoms with Crippen LogP contribution in [-0.2, 0) is 64.0 Å². The number of aromatic nitrogens is 2. The van der Waals surface area contributed by atoms with E-state index >= 15 is 0 Å². The van der Waals surface area contributed by atoms with E-state index in [4.69, 9.17) is 28.8 Å². The van der Waals surface area contributed by atoms with Crippen molar-refractivity contribution in [2.75, 3.05) is 18.1 Å². The molecule has 4 aromatic carbocycles. The molecule has 7 rings (SSSR count). The Kier molecular flexibility index (Phi) is 23.3. The van der Waals surface area contributed by atoms with Crippen LogP contribution in [0.4, 0.5) is 0 Å². The van der Waals surface area contributed by atoms with Gasteiger partial charge >= 0.3 is 0 Å². The van der Waals surface area contributed by atoms with Gasteiger partial charge < -0.3 is 59.4 Å². The predicted molar refractivity (Wildman–Crippen MR) is 326 cm³/mol. The molecule has 8 amide bonds. The first-order chi connectivity index (χ1) is 40.0. The minimum absolute atomic E-state index is 0.0218. The number of nitrogens with one attached hydrogen (secondary N) is 8. The van der Waals surface area contributed by atoms with E-state index in [9.17, 15) is 38.4 Å². The first-order valence-corrected chi connectivity index (χ1v) is 29.4. The zero-order chi connectivity index (χ0) is 59.5. The molecule has 6 aromatic rings. The molecule has 2 aromatic heterocycles. The Morgan fingerprint density at radius 1 is 0.590 bits per heavy atom. The Balaban J connectivity index is 1.06. The van der Waals surface area contributed by atoms with E-state index in [-0.39, 0.29) is 63.0 Å². The van der Waals surface area contributed by atoms with Crippen LogP contribution in [0.1, 0.15) is 73.6 Å². The van der Waals surface area contributed by atoms with Crippen LogP contribution in [-0.4, -0.2) is 123 Å². The van der Waals surface area contributed by atoms with Crippen molar-refractivity contribution in [3.05, 3.63) is 149 Å². The molecule has 1 fully saturated rings. The summed E-state index contributed by atoms with van der Waals surface area (Å²) in [6.45, 7) is 0.283. The van der Waals surface area contributed by atoms with Crippen LogP contribution in [0.3, 0.4) is 0 Å². The van der Waals surface area contributed by atoms with Crippen molar-refractivity contribution in [3.63, 3.8) is 0 Å². The van der Waals surface area contributed by atoms with Crippen molar-refractivity contribution in [2.24, 2.45) is 17.2 Å². The SMILES string of the molecule is NCCCC[C@H](NC(=O)[C@@H](Cc1c[nH]c2ccccc12)NC(=O)[C@@H](CS)NC(=O)[C@H](Cc1cccnc1)NC(=O)[C@H](N)Cc1cccc(Cl)c1)C(=O)N[C@H](CS)C(=O)NC1(C(=O)N[C@@H](Cc2ccc3ccccc3c2)C(N)=O)CCCCC1. The number of para-hydroxylation sites is 1. The molecule has 0 unspecified atom stereocenters. The molecule has 0 radical (unpaired) electrons. The van der Waals surface area contributed by atoms with Crippen LogP contribution in [0, 0.1) is 0 Å². The summed E-state index contributed by atoms with van der Waals surface area (Å²) in [6, 6.07) is 22.4. The van der Waals surface area contributed by atoms with Crippen molar-refractivity contribution >= 4 is 106 Å². The number of rotatable bonds is 29. The monoisotopic (exact) mass is 1190 g/mol. The number of benzene rings is 4. The fraction of sp³-hybridized carbons (Fsp3) is 0.383. The molecule has 23 heteroatoms. The molecule has 0 saturated heterocycles. The van der Waals surface area contributed by atoms with Crippen LogP contribution in [0.25, 0.3) is 21.7 Å². The van der Waals surface area contributed by atoms with E-state index in [1.165, 1.54) is 6.20 Å². The van der Waals surface area contributed by atoms with E-state index < -0.39 is 95.1 Å². The van der Waals surface area contributed by atoms with Crippen molar-refractivity contribution < 1.29 is 38.4 Å².